The maximum absolute atomic E-state index is 12.7. The molecule has 9 nitrogen and oxygen atoms in total. The molecule has 2 N–H and O–H groups in total. The van der Waals surface area contributed by atoms with Crippen LogP contribution in [0, 0.1) is 0 Å². The van der Waals surface area contributed by atoms with Crippen molar-refractivity contribution >= 4 is 11.7 Å². The van der Waals surface area contributed by atoms with Gasteiger partial charge in [-0.2, -0.15) is 5.10 Å². The summed E-state index contributed by atoms with van der Waals surface area (Å²) in [6.07, 6.45) is 2.11. The first-order chi connectivity index (χ1) is 10.5. The van der Waals surface area contributed by atoms with Crippen molar-refractivity contribution in [3.8, 4) is 5.82 Å². The number of hydrogen-bond acceptors (Lipinski definition) is 4. The molecule has 0 saturated carbocycles. The van der Waals surface area contributed by atoms with Crippen molar-refractivity contribution in [2.24, 2.45) is 7.05 Å². The number of fused-ring (bicyclic) bond motifs is 1. The van der Waals surface area contributed by atoms with Crippen molar-refractivity contribution in [3.05, 3.63) is 46.9 Å². The second kappa shape index (κ2) is 5.02. The third-order valence-corrected chi connectivity index (χ3v) is 3.24. The standard InChI is InChI=1S/C13H14N6O3/c1-8(14-12(20)21)11-15-9-4-3-6-18(9)13(22)19(11)10-5-7-17(2)16-10/h3-8,14H,1-2H3,(H,20,21). The van der Waals surface area contributed by atoms with E-state index in [-0.39, 0.29) is 11.5 Å². The zero-order valence-electron chi connectivity index (χ0n) is 12.0. The highest BCUT2D eigenvalue weighted by Gasteiger charge is 2.20. The molecule has 1 atom stereocenters. The summed E-state index contributed by atoms with van der Waals surface area (Å²) in [7, 11) is 1.73. The van der Waals surface area contributed by atoms with Gasteiger partial charge >= 0.3 is 11.8 Å². The van der Waals surface area contributed by atoms with E-state index in [2.05, 4.69) is 15.4 Å². The van der Waals surface area contributed by atoms with Crippen molar-refractivity contribution in [1.29, 1.82) is 0 Å². The second-order valence-electron chi connectivity index (χ2n) is 4.84. The van der Waals surface area contributed by atoms with Crippen LogP contribution in [-0.4, -0.2) is 34.9 Å². The van der Waals surface area contributed by atoms with E-state index in [0.717, 1.165) is 0 Å². The predicted octanol–water partition coefficient (Wildman–Crippen LogP) is 0.547. The minimum Gasteiger partial charge on any atom is -0.465 e. The van der Waals surface area contributed by atoms with E-state index >= 15 is 0 Å². The predicted molar refractivity (Wildman–Crippen MR) is 77.1 cm³/mol. The highest BCUT2D eigenvalue weighted by atomic mass is 16.4. The molecule has 0 saturated heterocycles. The normalized spacial score (nSPS) is 12.5. The molecular formula is C13H14N6O3. The quantitative estimate of drug-likeness (QED) is 0.734. The first-order valence-corrected chi connectivity index (χ1v) is 6.57. The SMILES string of the molecule is CC(NC(=O)O)c1nc2cccn2c(=O)n1-c1ccn(C)n1. The number of hydrogen-bond donors (Lipinski definition) is 2. The average Bonchev–Trinajstić information content (AvgIpc) is 3.06. The maximum atomic E-state index is 12.7. The highest BCUT2D eigenvalue weighted by molar-refractivity contribution is 5.65. The minimum absolute atomic E-state index is 0.275. The van der Waals surface area contributed by atoms with E-state index in [1.54, 1.807) is 49.2 Å². The van der Waals surface area contributed by atoms with Gasteiger partial charge in [-0.1, -0.05) is 0 Å². The first kappa shape index (κ1) is 13.9. The number of rotatable bonds is 3. The Morgan fingerprint density at radius 1 is 1.36 bits per heavy atom. The lowest BCUT2D eigenvalue weighted by Crippen LogP contribution is -2.35. The molecule has 0 aliphatic rings. The molecule has 22 heavy (non-hydrogen) atoms. The fourth-order valence-electron chi connectivity index (χ4n) is 2.28. The Balaban J connectivity index is 2.28. The second-order valence-corrected chi connectivity index (χ2v) is 4.84. The molecule has 0 radical (unpaired) electrons. The Morgan fingerprint density at radius 3 is 2.77 bits per heavy atom. The molecular weight excluding hydrogens is 288 g/mol. The third kappa shape index (κ3) is 2.22. The Kier molecular flexibility index (Phi) is 3.17. The fraction of sp³-hybridized carbons (Fsp3) is 0.231. The number of carboxylic acid groups (broad SMARTS) is 1. The fourth-order valence-corrected chi connectivity index (χ4v) is 2.28. The number of nitrogens with one attached hydrogen (secondary N) is 1. The lowest BCUT2D eigenvalue weighted by molar-refractivity contribution is 0.190. The number of carbonyl (C=O) groups is 1. The molecule has 0 fully saturated rings. The number of aryl methyl sites for hydroxylation is 1. The van der Waals surface area contributed by atoms with E-state index in [9.17, 15) is 9.59 Å². The molecule has 0 bridgehead atoms. The lowest BCUT2D eigenvalue weighted by Gasteiger charge is -2.16. The molecule has 0 aliphatic heterocycles. The molecule has 3 aromatic heterocycles. The summed E-state index contributed by atoms with van der Waals surface area (Å²) < 4.78 is 4.24. The Hall–Kier alpha value is -3.10. The van der Waals surface area contributed by atoms with Gasteiger partial charge < -0.3 is 10.4 Å². The van der Waals surface area contributed by atoms with Crippen molar-refractivity contribution in [2.45, 2.75) is 13.0 Å². The van der Waals surface area contributed by atoms with Gasteiger partial charge in [0.25, 0.3) is 0 Å². The Labute approximate surface area is 124 Å². The van der Waals surface area contributed by atoms with Crippen molar-refractivity contribution in [3.63, 3.8) is 0 Å². The molecule has 0 aliphatic carbocycles. The van der Waals surface area contributed by atoms with Gasteiger partial charge in [-0.05, 0) is 19.1 Å². The molecule has 3 heterocycles. The summed E-state index contributed by atoms with van der Waals surface area (Å²) >= 11 is 0. The van der Waals surface area contributed by atoms with Crippen LogP contribution in [0.2, 0.25) is 0 Å². The van der Waals surface area contributed by atoms with Gasteiger partial charge in [-0.15, -0.1) is 0 Å². The number of amides is 1. The Morgan fingerprint density at radius 2 is 2.14 bits per heavy atom. The summed E-state index contributed by atoms with van der Waals surface area (Å²) in [5.41, 5.74) is 0.0916. The molecule has 9 heteroatoms. The summed E-state index contributed by atoms with van der Waals surface area (Å²) in [6.45, 7) is 1.62. The van der Waals surface area contributed by atoms with Gasteiger partial charge in [0.1, 0.15) is 11.5 Å². The molecule has 114 valence electrons. The van der Waals surface area contributed by atoms with Crippen LogP contribution in [0.3, 0.4) is 0 Å². The minimum atomic E-state index is -1.19. The smallest absolute Gasteiger partial charge is 0.405 e. The van der Waals surface area contributed by atoms with Crippen LogP contribution in [-0.2, 0) is 7.05 Å². The molecule has 1 amide bonds. The van der Waals surface area contributed by atoms with Crippen LogP contribution < -0.4 is 11.0 Å². The topological polar surface area (TPSA) is 106 Å². The van der Waals surface area contributed by atoms with Crippen molar-refractivity contribution < 1.29 is 9.90 Å². The van der Waals surface area contributed by atoms with Crippen molar-refractivity contribution in [1.82, 2.24) is 29.0 Å². The van der Waals surface area contributed by atoms with Crippen LogP contribution in [0.15, 0.2) is 35.4 Å². The van der Waals surface area contributed by atoms with Gasteiger partial charge in [0, 0.05) is 25.5 Å². The van der Waals surface area contributed by atoms with Gasteiger partial charge in [-0.25, -0.2) is 19.1 Å². The largest absolute Gasteiger partial charge is 0.465 e. The highest BCUT2D eigenvalue weighted by Crippen LogP contribution is 2.14. The van der Waals surface area contributed by atoms with E-state index in [1.165, 1.54) is 8.97 Å². The van der Waals surface area contributed by atoms with E-state index in [1.807, 2.05) is 0 Å². The van der Waals surface area contributed by atoms with Crippen LogP contribution in [0.25, 0.3) is 11.5 Å². The van der Waals surface area contributed by atoms with Gasteiger partial charge in [-0.3, -0.25) is 9.08 Å². The molecule has 3 rings (SSSR count). The zero-order valence-corrected chi connectivity index (χ0v) is 12.0. The summed E-state index contributed by atoms with van der Waals surface area (Å²) in [5, 5.41) is 15.4. The first-order valence-electron chi connectivity index (χ1n) is 6.57. The summed E-state index contributed by atoms with van der Waals surface area (Å²) in [5.74, 6) is 0.655. The lowest BCUT2D eigenvalue weighted by atomic mass is 10.3. The van der Waals surface area contributed by atoms with Crippen molar-refractivity contribution in [2.75, 3.05) is 0 Å². The van der Waals surface area contributed by atoms with E-state index in [0.29, 0.717) is 11.5 Å². The van der Waals surface area contributed by atoms with Crippen LogP contribution >= 0.6 is 0 Å². The van der Waals surface area contributed by atoms with Crippen LogP contribution in [0.5, 0.6) is 0 Å². The third-order valence-electron chi connectivity index (χ3n) is 3.24. The van der Waals surface area contributed by atoms with Gasteiger partial charge in [0.05, 0.1) is 6.04 Å². The monoisotopic (exact) mass is 302 g/mol. The van der Waals surface area contributed by atoms with Gasteiger partial charge in [0.2, 0.25) is 0 Å². The molecule has 0 spiro atoms. The summed E-state index contributed by atoms with van der Waals surface area (Å²) in [4.78, 5) is 27.9. The van der Waals surface area contributed by atoms with Crippen LogP contribution in [0.4, 0.5) is 4.79 Å². The van der Waals surface area contributed by atoms with E-state index in [4.69, 9.17) is 5.11 Å². The molecule has 3 aromatic rings. The van der Waals surface area contributed by atoms with E-state index < -0.39 is 12.1 Å². The zero-order chi connectivity index (χ0) is 15.9. The molecule has 1 unspecified atom stereocenters. The Bertz CT molecular complexity index is 906. The van der Waals surface area contributed by atoms with Crippen LogP contribution in [0.1, 0.15) is 18.8 Å². The average molecular weight is 302 g/mol. The number of nitrogens with zero attached hydrogens (tertiary/aromatic N) is 5. The molecule has 0 aromatic carbocycles. The van der Waals surface area contributed by atoms with Gasteiger partial charge in [0.15, 0.2) is 5.82 Å². The maximum Gasteiger partial charge on any atom is 0.405 e. The summed E-state index contributed by atoms with van der Waals surface area (Å²) in [6, 6.07) is 4.37. The number of aromatic nitrogens is 5.